The molecule has 0 N–H and O–H groups in total. The van der Waals surface area contributed by atoms with Crippen LogP contribution in [-0.4, -0.2) is 30.9 Å². The second-order valence-corrected chi connectivity index (χ2v) is 6.73. The molecule has 0 aliphatic heterocycles. The van der Waals surface area contributed by atoms with Crippen LogP contribution >= 0.6 is 0 Å². The monoisotopic (exact) mass is 306 g/mol. The van der Waals surface area contributed by atoms with Crippen molar-refractivity contribution in [3.8, 4) is 0 Å². The Balaban J connectivity index is 1.51. The zero-order valence-electron chi connectivity index (χ0n) is 13.7. The van der Waals surface area contributed by atoms with Crippen LogP contribution in [-0.2, 0) is 25.6 Å². The molecule has 1 aliphatic rings. The summed E-state index contributed by atoms with van der Waals surface area (Å²) in [5.74, 6) is -0.109. The lowest BCUT2D eigenvalue weighted by Gasteiger charge is -2.35. The molecule has 122 valence electrons. The van der Waals surface area contributed by atoms with Gasteiger partial charge in [0.1, 0.15) is 5.60 Å². The highest BCUT2D eigenvalue weighted by Crippen LogP contribution is 2.32. The summed E-state index contributed by atoms with van der Waals surface area (Å²) in [6, 6.07) is 10.1. The summed E-state index contributed by atoms with van der Waals surface area (Å²) in [5, 5.41) is 0. The van der Waals surface area contributed by atoms with Crippen molar-refractivity contribution >= 4 is 5.97 Å². The maximum atomic E-state index is 11.8. The molecule has 0 saturated heterocycles. The van der Waals surface area contributed by atoms with Crippen molar-refractivity contribution in [2.45, 2.75) is 51.9 Å². The Morgan fingerprint density at radius 2 is 1.82 bits per heavy atom. The van der Waals surface area contributed by atoms with Crippen molar-refractivity contribution in [3.05, 3.63) is 35.9 Å². The molecule has 0 amide bonds. The van der Waals surface area contributed by atoms with Crippen LogP contribution < -0.4 is 0 Å². The lowest BCUT2D eigenvalue weighted by Crippen LogP contribution is -2.40. The Bertz CT molecular complexity index is 458. The molecule has 1 aromatic rings. The molecule has 2 rings (SSSR count). The Morgan fingerprint density at radius 3 is 2.45 bits per heavy atom. The fraction of sp³-hybridized carbons (Fsp3) is 0.611. The molecule has 0 aromatic heterocycles. The van der Waals surface area contributed by atoms with Gasteiger partial charge in [-0.1, -0.05) is 30.3 Å². The van der Waals surface area contributed by atoms with E-state index in [9.17, 15) is 4.79 Å². The number of rotatable bonds is 7. The predicted molar refractivity (Wildman–Crippen MR) is 84.4 cm³/mol. The van der Waals surface area contributed by atoms with Crippen LogP contribution in [0.2, 0.25) is 0 Å². The van der Waals surface area contributed by atoms with E-state index in [0.717, 1.165) is 18.4 Å². The van der Waals surface area contributed by atoms with Crippen molar-refractivity contribution < 1.29 is 19.0 Å². The molecule has 0 bridgehead atoms. The molecule has 1 aliphatic carbocycles. The smallest absolute Gasteiger partial charge is 0.309 e. The average molecular weight is 306 g/mol. The van der Waals surface area contributed by atoms with Crippen molar-refractivity contribution in [3.63, 3.8) is 0 Å². The molecule has 0 heterocycles. The Kier molecular flexibility index (Phi) is 5.98. The number of hydrogen-bond acceptors (Lipinski definition) is 4. The molecular formula is C18H26O4. The molecule has 1 aromatic carbocycles. The van der Waals surface area contributed by atoms with Gasteiger partial charge in [-0.15, -0.1) is 0 Å². The van der Waals surface area contributed by atoms with Gasteiger partial charge < -0.3 is 14.2 Å². The molecule has 4 heteroatoms. The van der Waals surface area contributed by atoms with E-state index >= 15 is 0 Å². The van der Waals surface area contributed by atoms with Crippen molar-refractivity contribution in [2.24, 2.45) is 5.92 Å². The standard InChI is InChI=1S/C18H26O4/c1-18(2,3)22-17(19)15-11-16(12-15)21-10-9-20-13-14-7-5-4-6-8-14/h4-8,15-16H,9-13H2,1-3H3/t15-,16+. The third-order valence-electron chi connectivity index (χ3n) is 3.53. The summed E-state index contributed by atoms with van der Waals surface area (Å²) in [4.78, 5) is 11.8. The fourth-order valence-corrected chi connectivity index (χ4v) is 2.32. The highest BCUT2D eigenvalue weighted by atomic mass is 16.6. The summed E-state index contributed by atoms with van der Waals surface area (Å²) in [7, 11) is 0. The SMILES string of the molecule is CC(C)(C)OC(=O)[C@H]1C[C@@H](OCCOCc2ccccc2)C1. The van der Waals surface area contributed by atoms with Crippen LogP contribution in [0.4, 0.5) is 0 Å². The minimum Gasteiger partial charge on any atom is -0.460 e. The lowest BCUT2D eigenvalue weighted by molar-refractivity contribution is -0.169. The fourth-order valence-electron chi connectivity index (χ4n) is 2.32. The zero-order valence-corrected chi connectivity index (χ0v) is 13.7. The van der Waals surface area contributed by atoms with Crippen LogP contribution in [0.25, 0.3) is 0 Å². The third-order valence-corrected chi connectivity index (χ3v) is 3.53. The van der Waals surface area contributed by atoms with E-state index < -0.39 is 5.60 Å². The van der Waals surface area contributed by atoms with E-state index in [4.69, 9.17) is 14.2 Å². The topological polar surface area (TPSA) is 44.8 Å². The van der Waals surface area contributed by atoms with Gasteiger partial charge in [0.25, 0.3) is 0 Å². The zero-order chi connectivity index (χ0) is 16.0. The first-order valence-corrected chi connectivity index (χ1v) is 7.90. The highest BCUT2D eigenvalue weighted by molar-refractivity contribution is 5.74. The first kappa shape index (κ1) is 17.0. The van der Waals surface area contributed by atoms with Crippen LogP contribution in [0.1, 0.15) is 39.2 Å². The molecule has 22 heavy (non-hydrogen) atoms. The van der Waals surface area contributed by atoms with Gasteiger partial charge in [0.2, 0.25) is 0 Å². The maximum absolute atomic E-state index is 11.8. The van der Waals surface area contributed by atoms with Crippen molar-refractivity contribution in [2.75, 3.05) is 13.2 Å². The first-order valence-electron chi connectivity index (χ1n) is 7.90. The Hall–Kier alpha value is -1.39. The molecule has 0 atom stereocenters. The van der Waals surface area contributed by atoms with Gasteiger partial charge in [-0.05, 0) is 39.2 Å². The average Bonchev–Trinajstić information content (AvgIpc) is 2.39. The summed E-state index contributed by atoms with van der Waals surface area (Å²) < 4.78 is 16.6. The normalized spacial score (nSPS) is 21.2. The first-order chi connectivity index (χ1) is 10.4. The van der Waals surface area contributed by atoms with E-state index in [1.165, 1.54) is 0 Å². The number of benzene rings is 1. The van der Waals surface area contributed by atoms with Gasteiger partial charge in [-0.2, -0.15) is 0 Å². The predicted octanol–water partition coefficient (Wildman–Crippen LogP) is 3.34. The van der Waals surface area contributed by atoms with E-state index in [2.05, 4.69) is 0 Å². The summed E-state index contributed by atoms with van der Waals surface area (Å²) in [6.07, 6.45) is 1.68. The van der Waals surface area contributed by atoms with Gasteiger partial charge in [0.15, 0.2) is 0 Å². The second kappa shape index (κ2) is 7.75. The number of ether oxygens (including phenoxy) is 3. The quantitative estimate of drug-likeness (QED) is 0.572. The number of esters is 1. The maximum Gasteiger partial charge on any atom is 0.309 e. The molecule has 1 saturated carbocycles. The van der Waals surface area contributed by atoms with Crippen LogP contribution in [0.15, 0.2) is 30.3 Å². The molecule has 1 fully saturated rings. The molecule has 4 nitrogen and oxygen atoms in total. The summed E-state index contributed by atoms with van der Waals surface area (Å²) in [6.45, 7) is 7.42. The van der Waals surface area contributed by atoms with Gasteiger partial charge >= 0.3 is 5.97 Å². The third kappa shape index (κ3) is 5.78. The van der Waals surface area contributed by atoms with E-state index in [1.807, 2.05) is 51.1 Å². The Morgan fingerprint density at radius 1 is 1.14 bits per heavy atom. The number of carbonyl (C=O) groups excluding carboxylic acids is 1. The van der Waals surface area contributed by atoms with Crippen LogP contribution in [0, 0.1) is 5.92 Å². The minimum atomic E-state index is -0.408. The largest absolute Gasteiger partial charge is 0.460 e. The van der Waals surface area contributed by atoms with E-state index in [-0.39, 0.29) is 18.0 Å². The Labute approximate surface area is 132 Å². The van der Waals surface area contributed by atoms with Gasteiger partial charge in [-0.3, -0.25) is 4.79 Å². The molecule has 0 spiro atoms. The molecule has 0 radical (unpaired) electrons. The number of hydrogen-bond donors (Lipinski definition) is 0. The second-order valence-electron chi connectivity index (χ2n) is 6.73. The lowest BCUT2D eigenvalue weighted by atomic mass is 9.82. The van der Waals surface area contributed by atoms with Crippen molar-refractivity contribution in [1.29, 1.82) is 0 Å². The summed E-state index contributed by atoms with van der Waals surface area (Å²) in [5.41, 5.74) is 0.755. The molecular weight excluding hydrogens is 280 g/mol. The van der Waals surface area contributed by atoms with E-state index in [1.54, 1.807) is 0 Å². The van der Waals surface area contributed by atoms with Crippen molar-refractivity contribution in [1.82, 2.24) is 0 Å². The number of carbonyl (C=O) groups is 1. The molecule has 0 unspecified atom stereocenters. The summed E-state index contributed by atoms with van der Waals surface area (Å²) >= 11 is 0. The van der Waals surface area contributed by atoms with Crippen LogP contribution in [0.5, 0.6) is 0 Å². The van der Waals surface area contributed by atoms with E-state index in [0.29, 0.717) is 19.8 Å². The van der Waals surface area contributed by atoms with Gasteiger partial charge in [0.05, 0.1) is 31.8 Å². The highest BCUT2D eigenvalue weighted by Gasteiger charge is 2.37. The van der Waals surface area contributed by atoms with Gasteiger partial charge in [-0.25, -0.2) is 0 Å². The van der Waals surface area contributed by atoms with Crippen LogP contribution in [0.3, 0.4) is 0 Å². The minimum absolute atomic E-state index is 0.00513. The van der Waals surface area contributed by atoms with Gasteiger partial charge in [0, 0.05) is 0 Å².